The van der Waals surface area contributed by atoms with E-state index in [9.17, 15) is 8.42 Å². The van der Waals surface area contributed by atoms with Crippen molar-refractivity contribution in [3.8, 4) is 12.3 Å². The van der Waals surface area contributed by atoms with E-state index in [1.54, 1.807) is 12.1 Å². The van der Waals surface area contributed by atoms with Crippen molar-refractivity contribution in [3.05, 3.63) is 29.8 Å². The Kier molecular flexibility index (Phi) is 4.59. The molecule has 0 heterocycles. The summed E-state index contributed by atoms with van der Waals surface area (Å²) in [6.45, 7) is 1.05. The largest absolute Gasteiger partial charge is 0.310 e. The SMILES string of the molecule is C#CCCNS(=O)(=O)c1ccc(CNC2CC2)cc1. The molecular formula is C14H18N2O2S. The molecule has 1 saturated carbocycles. The Bertz CT molecular complexity index is 554. The molecule has 0 spiro atoms. The molecule has 5 heteroatoms. The molecular weight excluding hydrogens is 260 g/mol. The number of rotatable bonds is 7. The molecule has 4 nitrogen and oxygen atoms in total. The summed E-state index contributed by atoms with van der Waals surface area (Å²) in [5.41, 5.74) is 1.09. The van der Waals surface area contributed by atoms with Crippen LogP contribution in [0.1, 0.15) is 24.8 Å². The second-order valence-electron chi connectivity index (χ2n) is 4.65. The summed E-state index contributed by atoms with van der Waals surface area (Å²) in [6, 6.07) is 7.58. The Morgan fingerprint density at radius 1 is 1.26 bits per heavy atom. The minimum atomic E-state index is -3.43. The van der Waals surface area contributed by atoms with Crippen LogP contribution in [0.25, 0.3) is 0 Å². The van der Waals surface area contributed by atoms with E-state index in [1.165, 1.54) is 12.8 Å². The van der Waals surface area contributed by atoms with Crippen molar-refractivity contribution in [2.45, 2.75) is 36.7 Å². The summed E-state index contributed by atoms with van der Waals surface area (Å²) in [4.78, 5) is 0.277. The fraction of sp³-hybridized carbons (Fsp3) is 0.429. The maximum atomic E-state index is 11.9. The minimum Gasteiger partial charge on any atom is -0.310 e. The van der Waals surface area contributed by atoms with Gasteiger partial charge < -0.3 is 5.32 Å². The van der Waals surface area contributed by atoms with E-state index >= 15 is 0 Å². The van der Waals surface area contributed by atoms with Crippen molar-refractivity contribution in [2.24, 2.45) is 0 Å². The monoisotopic (exact) mass is 278 g/mol. The molecule has 1 aliphatic carbocycles. The van der Waals surface area contributed by atoms with Crippen molar-refractivity contribution in [1.82, 2.24) is 10.0 Å². The zero-order valence-electron chi connectivity index (χ0n) is 10.7. The van der Waals surface area contributed by atoms with E-state index in [2.05, 4.69) is 16.0 Å². The number of benzene rings is 1. The number of terminal acetylenes is 1. The molecule has 1 fully saturated rings. The summed E-state index contributed by atoms with van der Waals surface area (Å²) in [5, 5.41) is 3.39. The smallest absolute Gasteiger partial charge is 0.240 e. The molecule has 0 saturated heterocycles. The normalized spacial score (nSPS) is 15.1. The third kappa shape index (κ3) is 4.35. The second kappa shape index (κ2) is 6.20. The highest BCUT2D eigenvalue weighted by Crippen LogP contribution is 2.19. The highest BCUT2D eigenvalue weighted by molar-refractivity contribution is 7.89. The number of hydrogen-bond donors (Lipinski definition) is 2. The maximum Gasteiger partial charge on any atom is 0.240 e. The first-order valence-corrected chi connectivity index (χ1v) is 7.85. The van der Waals surface area contributed by atoms with Crippen molar-refractivity contribution < 1.29 is 8.42 Å². The fourth-order valence-corrected chi connectivity index (χ4v) is 2.71. The first-order valence-electron chi connectivity index (χ1n) is 6.37. The fourth-order valence-electron chi connectivity index (χ4n) is 1.68. The van der Waals surface area contributed by atoms with E-state index in [-0.39, 0.29) is 11.4 Å². The van der Waals surface area contributed by atoms with E-state index < -0.39 is 10.0 Å². The number of hydrogen-bond acceptors (Lipinski definition) is 3. The number of nitrogens with one attached hydrogen (secondary N) is 2. The summed E-state index contributed by atoms with van der Waals surface area (Å²) in [7, 11) is -3.43. The van der Waals surface area contributed by atoms with Gasteiger partial charge in [0.15, 0.2) is 0 Å². The maximum absolute atomic E-state index is 11.9. The minimum absolute atomic E-state index is 0.268. The van der Waals surface area contributed by atoms with Gasteiger partial charge in [-0.05, 0) is 30.5 Å². The zero-order valence-corrected chi connectivity index (χ0v) is 11.5. The molecule has 0 unspecified atom stereocenters. The van der Waals surface area contributed by atoms with Gasteiger partial charge in [-0.3, -0.25) is 0 Å². The van der Waals surface area contributed by atoms with E-state index in [1.807, 2.05) is 12.1 Å². The van der Waals surface area contributed by atoms with Crippen molar-refractivity contribution in [2.75, 3.05) is 6.54 Å². The summed E-state index contributed by atoms with van der Waals surface area (Å²) in [5.74, 6) is 2.40. The van der Waals surface area contributed by atoms with Crippen LogP contribution in [0.2, 0.25) is 0 Å². The number of sulfonamides is 1. The highest BCUT2D eigenvalue weighted by atomic mass is 32.2. The predicted octanol–water partition coefficient (Wildman–Crippen LogP) is 1.24. The highest BCUT2D eigenvalue weighted by Gasteiger charge is 2.20. The van der Waals surface area contributed by atoms with Gasteiger partial charge in [0, 0.05) is 25.6 Å². The summed E-state index contributed by atoms with van der Waals surface area (Å²) >= 11 is 0. The van der Waals surface area contributed by atoms with E-state index in [4.69, 9.17) is 6.42 Å². The molecule has 1 aromatic rings. The third-order valence-electron chi connectivity index (χ3n) is 2.97. The van der Waals surface area contributed by atoms with E-state index in [0.29, 0.717) is 12.5 Å². The van der Waals surface area contributed by atoms with Gasteiger partial charge in [-0.15, -0.1) is 12.3 Å². The second-order valence-corrected chi connectivity index (χ2v) is 6.42. The van der Waals surface area contributed by atoms with Crippen molar-refractivity contribution in [1.29, 1.82) is 0 Å². The van der Waals surface area contributed by atoms with Crippen molar-refractivity contribution >= 4 is 10.0 Å². The molecule has 0 radical (unpaired) electrons. The Morgan fingerprint density at radius 2 is 1.95 bits per heavy atom. The first kappa shape index (κ1) is 14.1. The molecule has 19 heavy (non-hydrogen) atoms. The third-order valence-corrected chi connectivity index (χ3v) is 4.44. The van der Waals surface area contributed by atoms with Crippen LogP contribution >= 0.6 is 0 Å². The van der Waals surface area contributed by atoms with Crippen LogP contribution in [0.4, 0.5) is 0 Å². The van der Waals surface area contributed by atoms with Gasteiger partial charge >= 0.3 is 0 Å². The lowest BCUT2D eigenvalue weighted by Crippen LogP contribution is -2.24. The summed E-state index contributed by atoms with van der Waals surface area (Å²) < 4.78 is 26.3. The Hall–Kier alpha value is -1.35. The summed E-state index contributed by atoms with van der Waals surface area (Å²) in [6.07, 6.45) is 7.96. The van der Waals surface area contributed by atoms with Gasteiger partial charge in [0.05, 0.1) is 4.90 Å². The lowest BCUT2D eigenvalue weighted by atomic mass is 10.2. The Labute approximate surface area is 114 Å². The quantitative estimate of drug-likeness (QED) is 0.583. The van der Waals surface area contributed by atoms with Crippen LogP contribution in [-0.2, 0) is 16.6 Å². The van der Waals surface area contributed by atoms with Crippen LogP contribution in [-0.4, -0.2) is 21.0 Å². The van der Waals surface area contributed by atoms with Crippen molar-refractivity contribution in [3.63, 3.8) is 0 Å². The van der Waals surface area contributed by atoms with Gasteiger partial charge in [0.25, 0.3) is 0 Å². The molecule has 0 bridgehead atoms. The van der Waals surface area contributed by atoms with Gasteiger partial charge in [-0.2, -0.15) is 0 Å². The van der Waals surface area contributed by atoms with Crippen LogP contribution < -0.4 is 10.0 Å². The average Bonchev–Trinajstić information content (AvgIpc) is 3.21. The lowest BCUT2D eigenvalue weighted by Gasteiger charge is -2.07. The molecule has 2 rings (SSSR count). The molecule has 0 atom stereocenters. The molecule has 0 aromatic heterocycles. The topological polar surface area (TPSA) is 58.2 Å². The first-order chi connectivity index (χ1) is 9.12. The van der Waals surface area contributed by atoms with Crippen LogP contribution in [0.5, 0.6) is 0 Å². The van der Waals surface area contributed by atoms with Crippen LogP contribution in [0.3, 0.4) is 0 Å². The molecule has 0 amide bonds. The molecule has 2 N–H and O–H groups in total. The molecule has 102 valence electrons. The van der Waals surface area contributed by atoms with Gasteiger partial charge in [-0.1, -0.05) is 12.1 Å². The molecule has 1 aliphatic rings. The predicted molar refractivity (Wildman–Crippen MR) is 74.9 cm³/mol. The van der Waals surface area contributed by atoms with E-state index in [0.717, 1.165) is 12.1 Å². The van der Waals surface area contributed by atoms with Crippen LogP contribution in [0.15, 0.2) is 29.2 Å². The Morgan fingerprint density at radius 3 is 2.53 bits per heavy atom. The average molecular weight is 278 g/mol. The molecule has 0 aliphatic heterocycles. The van der Waals surface area contributed by atoms with Gasteiger partial charge in [-0.25, -0.2) is 13.1 Å². The molecule has 1 aromatic carbocycles. The lowest BCUT2D eigenvalue weighted by molar-refractivity contribution is 0.582. The van der Waals surface area contributed by atoms with Gasteiger partial charge in [0.1, 0.15) is 0 Å². The van der Waals surface area contributed by atoms with Crippen LogP contribution in [0, 0.1) is 12.3 Å². The van der Waals surface area contributed by atoms with Gasteiger partial charge in [0.2, 0.25) is 10.0 Å². The standard InChI is InChI=1S/C14H18N2O2S/c1-2-3-10-16-19(17,18)14-8-4-12(5-9-14)11-15-13-6-7-13/h1,4-5,8-9,13,15-16H,3,6-7,10-11H2. The zero-order chi connectivity index (χ0) is 13.7. The Balaban J connectivity index is 1.94.